The second-order valence-electron chi connectivity index (χ2n) is 7.15. The lowest BCUT2D eigenvalue weighted by Gasteiger charge is -2.34. The molecule has 1 atom stereocenters. The largest absolute Gasteiger partial charge is 0.471 e. The van der Waals surface area contributed by atoms with Crippen LogP contribution in [0.5, 0.6) is 5.88 Å². The summed E-state index contributed by atoms with van der Waals surface area (Å²) >= 11 is 6.10. The molecule has 0 bridgehead atoms. The predicted octanol–water partition coefficient (Wildman–Crippen LogP) is 4.06. The number of hydrogen-bond acceptors (Lipinski definition) is 5. The summed E-state index contributed by atoms with van der Waals surface area (Å²) in [4.78, 5) is 14.0. The number of piperidine rings is 1. The summed E-state index contributed by atoms with van der Waals surface area (Å²) in [6.45, 7) is 6.71. The van der Waals surface area contributed by atoms with Gasteiger partial charge in [-0.25, -0.2) is 4.79 Å². The van der Waals surface area contributed by atoms with Crippen LogP contribution in [-0.4, -0.2) is 46.0 Å². The number of aromatic nitrogens is 2. The molecule has 0 spiro atoms. The zero-order chi connectivity index (χ0) is 18.0. The van der Waals surface area contributed by atoms with Gasteiger partial charge in [-0.05, 0) is 39.7 Å². The molecule has 1 aromatic heterocycles. The summed E-state index contributed by atoms with van der Waals surface area (Å²) in [5.74, 6) is 0.441. The van der Waals surface area contributed by atoms with Gasteiger partial charge in [0.1, 0.15) is 11.7 Å². The van der Waals surface area contributed by atoms with E-state index < -0.39 is 5.60 Å². The van der Waals surface area contributed by atoms with Gasteiger partial charge in [0.05, 0.1) is 6.54 Å². The molecule has 7 heteroatoms. The number of hydrogen-bond donors (Lipinski definition) is 0. The zero-order valence-electron chi connectivity index (χ0n) is 14.7. The monoisotopic (exact) mass is 363 g/mol. The van der Waals surface area contributed by atoms with Crippen LogP contribution in [0.3, 0.4) is 0 Å². The van der Waals surface area contributed by atoms with Crippen LogP contribution in [0.1, 0.15) is 33.6 Å². The minimum absolute atomic E-state index is 0.153. The molecule has 2 aromatic rings. The number of benzene rings is 1. The van der Waals surface area contributed by atoms with Crippen molar-refractivity contribution in [2.75, 3.05) is 13.1 Å². The van der Waals surface area contributed by atoms with Crippen molar-refractivity contribution in [3.63, 3.8) is 0 Å². The molecule has 1 aliphatic heterocycles. The van der Waals surface area contributed by atoms with E-state index in [-0.39, 0.29) is 12.2 Å². The molecule has 0 saturated carbocycles. The average molecular weight is 364 g/mol. The third-order valence-electron chi connectivity index (χ3n) is 3.92. The minimum Gasteiger partial charge on any atom is -0.471 e. The number of rotatable bonds is 2. The molecule has 1 amide bonds. The van der Waals surface area contributed by atoms with E-state index in [1.165, 1.54) is 0 Å². The standard InChI is InChI=1S/C18H22ClN3O3/c1-18(2,3)25-17(23)22-10-6-7-12(11-22)24-16-14-9-5-4-8-13(14)15(19)20-21-16/h4-5,8-9,12H,6-7,10-11H2,1-3H3. The number of carbonyl (C=O) groups is 1. The van der Waals surface area contributed by atoms with E-state index >= 15 is 0 Å². The Labute approximate surface area is 152 Å². The highest BCUT2D eigenvalue weighted by Gasteiger charge is 2.29. The summed E-state index contributed by atoms with van der Waals surface area (Å²) in [5.41, 5.74) is -0.511. The van der Waals surface area contributed by atoms with Gasteiger partial charge in [0.15, 0.2) is 5.15 Å². The van der Waals surface area contributed by atoms with Gasteiger partial charge in [0, 0.05) is 17.3 Å². The second kappa shape index (κ2) is 7.04. The summed E-state index contributed by atoms with van der Waals surface area (Å²) in [7, 11) is 0. The zero-order valence-corrected chi connectivity index (χ0v) is 15.4. The molecular weight excluding hydrogens is 342 g/mol. The van der Waals surface area contributed by atoms with Crippen LogP contribution in [0, 0.1) is 0 Å². The van der Waals surface area contributed by atoms with Crippen LogP contribution in [0.2, 0.25) is 5.15 Å². The number of carbonyl (C=O) groups excluding carboxylic acids is 1. The smallest absolute Gasteiger partial charge is 0.410 e. The maximum absolute atomic E-state index is 12.3. The van der Waals surface area contributed by atoms with E-state index in [4.69, 9.17) is 21.1 Å². The molecule has 0 aliphatic carbocycles. The van der Waals surface area contributed by atoms with Crippen molar-refractivity contribution in [2.45, 2.75) is 45.3 Å². The van der Waals surface area contributed by atoms with Crippen LogP contribution in [0.4, 0.5) is 4.79 Å². The fourth-order valence-electron chi connectivity index (χ4n) is 2.82. The van der Waals surface area contributed by atoms with Crippen molar-refractivity contribution >= 4 is 28.5 Å². The van der Waals surface area contributed by atoms with Gasteiger partial charge in [0.25, 0.3) is 0 Å². The minimum atomic E-state index is -0.511. The molecule has 1 aromatic carbocycles. The predicted molar refractivity (Wildman–Crippen MR) is 96.0 cm³/mol. The third kappa shape index (κ3) is 4.31. The van der Waals surface area contributed by atoms with Gasteiger partial charge in [-0.2, -0.15) is 0 Å². The van der Waals surface area contributed by atoms with Crippen molar-refractivity contribution in [3.8, 4) is 5.88 Å². The highest BCUT2D eigenvalue weighted by Crippen LogP contribution is 2.29. The van der Waals surface area contributed by atoms with Gasteiger partial charge in [-0.1, -0.05) is 29.8 Å². The maximum atomic E-state index is 12.3. The fraction of sp³-hybridized carbons (Fsp3) is 0.500. The SMILES string of the molecule is CC(C)(C)OC(=O)N1CCCC(Oc2nnc(Cl)c3ccccc23)C1. The highest BCUT2D eigenvalue weighted by molar-refractivity contribution is 6.34. The number of fused-ring (bicyclic) bond motifs is 1. The number of ether oxygens (including phenoxy) is 2. The molecule has 6 nitrogen and oxygen atoms in total. The van der Waals surface area contributed by atoms with Gasteiger partial charge < -0.3 is 14.4 Å². The summed E-state index contributed by atoms with van der Waals surface area (Å²) in [5, 5.41) is 10.0. The van der Waals surface area contributed by atoms with Crippen LogP contribution in [-0.2, 0) is 4.74 Å². The highest BCUT2D eigenvalue weighted by atomic mass is 35.5. The van der Waals surface area contributed by atoms with Crippen molar-refractivity contribution in [1.29, 1.82) is 0 Å². The number of likely N-dealkylation sites (tertiary alicyclic amines) is 1. The topological polar surface area (TPSA) is 64.5 Å². The van der Waals surface area contributed by atoms with E-state index in [2.05, 4.69) is 10.2 Å². The summed E-state index contributed by atoms with van der Waals surface area (Å²) in [6, 6.07) is 7.58. The Hall–Kier alpha value is -2.08. The third-order valence-corrected chi connectivity index (χ3v) is 4.20. The molecule has 0 N–H and O–H groups in total. The molecule has 134 valence electrons. The molecule has 1 unspecified atom stereocenters. The normalized spacial score (nSPS) is 18.2. The maximum Gasteiger partial charge on any atom is 0.410 e. The Morgan fingerprint density at radius 2 is 1.96 bits per heavy atom. The van der Waals surface area contributed by atoms with Crippen molar-refractivity contribution < 1.29 is 14.3 Å². The van der Waals surface area contributed by atoms with Crippen LogP contribution in [0.15, 0.2) is 24.3 Å². The molecule has 1 saturated heterocycles. The van der Waals surface area contributed by atoms with Crippen LogP contribution >= 0.6 is 11.6 Å². The number of amides is 1. The van der Waals surface area contributed by atoms with Crippen molar-refractivity contribution in [2.24, 2.45) is 0 Å². The molecule has 3 rings (SSSR count). The first-order chi connectivity index (χ1) is 11.8. The lowest BCUT2D eigenvalue weighted by Crippen LogP contribution is -2.46. The Morgan fingerprint density at radius 1 is 1.24 bits per heavy atom. The average Bonchev–Trinajstić information content (AvgIpc) is 2.56. The Kier molecular flexibility index (Phi) is 4.99. The van der Waals surface area contributed by atoms with E-state index in [9.17, 15) is 4.79 Å². The summed E-state index contributed by atoms with van der Waals surface area (Å²) < 4.78 is 11.5. The molecule has 25 heavy (non-hydrogen) atoms. The Morgan fingerprint density at radius 3 is 2.68 bits per heavy atom. The quantitative estimate of drug-likeness (QED) is 0.805. The van der Waals surface area contributed by atoms with E-state index in [0.717, 1.165) is 23.6 Å². The van der Waals surface area contributed by atoms with E-state index in [0.29, 0.717) is 24.1 Å². The van der Waals surface area contributed by atoms with E-state index in [1.807, 2.05) is 45.0 Å². The lowest BCUT2D eigenvalue weighted by atomic mass is 10.1. The fourth-order valence-corrected chi connectivity index (χ4v) is 3.02. The first-order valence-corrected chi connectivity index (χ1v) is 8.77. The van der Waals surface area contributed by atoms with Crippen LogP contribution in [0.25, 0.3) is 10.8 Å². The van der Waals surface area contributed by atoms with E-state index in [1.54, 1.807) is 4.90 Å². The van der Waals surface area contributed by atoms with Crippen molar-refractivity contribution in [3.05, 3.63) is 29.4 Å². The van der Waals surface area contributed by atoms with Crippen LogP contribution < -0.4 is 4.74 Å². The molecule has 0 radical (unpaired) electrons. The first-order valence-electron chi connectivity index (χ1n) is 8.39. The van der Waals surface area contributed by atoms with Gasteiger partial charge >= 0.3 is 6.09 Å². The molecular formula is C18H22ClN3O3. The van der Waals surface area contributed by atoms with Crippen molar-refractivity contribution in [1.82, 2.24) is 15.1 Å². The number of halogens is 1. The van der Waals surface area contributed by atoms with Gasteiger partial charge in [-0.15, -0.1) is 10.2 Å². The molecule has 1 aliphatic rings. The molecule has 1 fully saturated rings. The second-order valence-corrected chi connectivity index (χ2v) is 7.51. The first kappa shape index (κ1) is 17.7. The Balaban J connectivity index is 1.73. The lowest BCUT2D eigenvalue weighted by molar-refractivity contribution is 0.00733. The Bertz CT molecular complexity index is 776. The van der Waals surface area contributed by atoms with Gasteiger partial charge in [0.2, 0.25) is 5.88 Å². The molecule has 2 heterocycles. The summed E-state index contributed by atoms with van der Waals surface area (Å²) in [6.07, 6.45) is 1.23. The van der Waals surface area contributed by atoms with Gasteiger partial charge in [-0.3, -0.25) is 0 Å². The number of nitrogens with zero attached hydrogens (tertiary/aromatic N) is 3.